The highest BCUT2D eigenvalue weighted by Gasteiger charge is 2.22. The van der Waals surface area contributed by atoms with Crippen LogP contribution in [0.1, 0.15) is 28.7 Å². The molecule has 1 atom stereocenters. The molecule has 4 aromatic rings. The molecule has 0 fully saturated rings. The van der Waals surface area contributed by atoms with Crippen molar-refractivity contribution in [2.75, 3.05) is 11.0 Å². The highest BCUT2D eigenvalue weighted by atomic mass is 32.2. The van der Waals surface area contributed by atoms with Crippen molar-refractivity contribution >= 4 is 33.3 Å². The third-order valence-corrected chi connectivity index (χ3v) is 6.69. The second kappa shape index (κ2) is 10.2. The molecule has 1 heterocycles. The van der Waals surface area contributed by atoms with Crippen LogP contribution in [0.15, 0.2) is 90.1 Å². The number of para-hydroxylation sites is 1. The smallest absolute Gasteiger partial charge is 0.229 e. The first kappa shape index (κ1) is 23.7. The van der Waals surface area contributed by atoms with Gasteiger partial charge in [0.25, 0.3) is 0 Å². The zero-order valence-electron chi connectivity index (χ0n) is 18.8. The molecule has 0 aliphatic heterocycles. The van der Waals surface area contributed by atoms with E-state index in [1.54, 1.807) is 24.3 Å². The molecule has 0 bridgehead atoms. The first-order valence-electron chi connectivity index (χ1n) is 10.6. The van der Waals surface area contributed by atoms with E-state index in [1.165, 1.54) is 11.8 Å². The number of sulfonamides is 1. The first-order valence-corrected chi connectivity index (χ1v) is 13.4. The van der Waals surface area contributed by atoms with Gasteiger partial charge in [-0.3, -0.25) is 14.1 Å². The summed E-state index contributed by atoms with van der Waals surface area (Å²) in [6.07, 6.45) is 1.69. The summed E-state index contributed by atoms with van der Waals surface area (Å²) in [6, 6.07) is 26.3. The number of Topliss-reactive ketones (excluding diaryl/α,β-unsaturated/α-hetero) is 1. The molecular formula is C25H24N4O3S2. The van der Waals surface area contributed by atoms with Crippen LogP contribution in [-0.2, 0) is 16.4 Å². The van der Waals surface area contributed by atoms with Crippen molar-refractivity contribution in [3.8, 4) is 5.69 Å². The van der Waals surface area contributed by atoms with Crippen molar-refractivity contribution in [3.63, 3.8) is 0 Å². The summed E-state index contributed by atoms with van der Waals surface area (Å²) < 4.78 is 27.2. The van der Waals surface area contributed by atoms with Crippen LogP contribution in [0, 0.1) is 0 Å². The molecule has 0 saturated heterocycles. The van der Waals surface area contributed by atoms with E-state index < -0.39 is 15.3 Å². The fourth-order valence-electron chi connectivity index (χ4n) is 3.47. The zero-order valence-corrected chi connectivity index (χ0v) is 20.4. The Morgan fingerprint density at radius 1 is 0.941 bits per heavy atom. The van der Waals surface area contributed by atoms with Crippen LogP contribution in [-0.4, -0.2) is 40.5 Å². The van der Waals surface area contributed by atoms with E-state index in [9.17, 15) is 13.2 Å². The highest BCUT2D eigenvalue weighted by molar-refractivity contribution is 8.00. The summed E-state index contributed by atoms with van der Waals surface area (Å²) in [6.45, 7) is 1.83. The van der Waals surface area contributed by atoms with Crippen molar-refractivity contribution in [1.82, 2.24) is 14.8 Å². The van der Waals surface area contributed by atoms with Gasteiger partial charge < -0.3 is 0 Å². The average molecular weight is 493 g/mol. The number of aromatic nitrogens is 3. The Morgan fingerprint density at radius 2 is 1.56 bits per heavy atom. The number of benzene rings is 3. The zero-order chi connectivity index (χ0) is 24.1. The maximum Gasteiger partial charge on any atom is 0.229 e. The molecule has 174 valence electrons. The standard InChI is InChI=1S/C25H24N4O3S2/c1-18(24(30)20-13-15-21(16-14-20)28-34(2,31)32)33-25-27-26-23(17-19-9-5-3-6-10-19)29(25)22-11-7-4-8-12-22/h3-16,18,28H,17H2,1-2H3. The summed E-state index contributed by atoms with van der Waals surface area (Å²) in [5, 5.41) is 9.05. The molecule has 9 heteroatoms. The first-order chi connectivity index (χ1) is 16.3. The third-order valence-electron chi connectivity index (χ3n) is 5.04. The van der Waals surface area contributed by atoms with Gasteiger partial charge in [0.1, 0.15) is 5.82 Å². The summed E-state index contributed by atoms with van der Waals surface area (Å²) in [7, 11) is -3.38. The Kier molecular flexibility index (Phi) is 7.14. The second-order valence-electron chi connectivity index (χ2n) is 7.81. The van der Waals surface area contributed by atoms with Crippen LogP contribution >= 0.6 is 11.8 Å². The normalized spacial score (nSPS) is 12.3. The summed E-state index contributed by atoms with van der Waals surface area (Å²) in [5.41, 5.74) is 2.95. The molecule has 3 aromatic carbocycles. The minimum absolute atomic E-state index is 0.0804. The Balaban J connectivity index is 1.57. The fourth-order valence-corrected chi connectivity index (χ4v) is 5.00. The molecule has 0 saturated carbocycles. The molecule has 0 spiro atoms. The molecule has 0 aliphatic carbocycles. The van der Waals surface area contributed by atoms with Crippen molar-refractivity contribution in [1.29, 1.82) is 0 Å². The van der Waals surface area contributed by atoms with E-state index in [0.29, 0.717) is 22.8 Å². The SMILES string of the molecule is CC(Sc1nnc(Cc2ccccc2)n1-c1ccccc1)C(=O)c1ccc(NS(C)(=O)=O)cc1. The van der Waals surface area contributed by atoms with Crippen LogP contribution in [0.2, 0.25) is 0 Å². The lowest BCUT2D eigenvalue weighted by atomic mass is 10.1. The van der Waals surface area contributed by atoms with Crippen LogP contribution in [0.4, 0.5) is 5.69 Å². The van der Waals surface area contributed by atoms with Gasteiger partial charge in [-0.2, -0.15) is 0 Å². The van der Waals surface area contributed by atoms with E-state index in [1.807, 2.05) is 72.2 Å². The van der Waals surface area contributed by atoms with Crippen LogP contribution in [0.3, 0.4) is 0 Å². The number of anilines is 1. The predicted octanol–water partition coefficient (Wildman–Crippen LogP) is 4.59. The minimum atomic E-state index is -3.38. The maximum atomic E-state index is 13.1. The maximum absolute atomic E-state index is 13.1. The largest absolute Gasteiger partial charge is 0.293 e. The molecule has 7 nitrogen and oxygen atoms in total. The van der Waals surface area contributed by atoms with E-state index in [2.05, 4.69) is 14.9 Å². The van der Waals surface area contributed by atoms with E-state index >= 15 is 0 Å². The lowest BCUT2D eigenvalue weighted by Gasteiger charge is -2.13. The van der Waals surface area contributed by atoms with Crippen molar-refractivity contribution < 1.29 is 13.2 Å². The van der Waals surface area contributed by atoms with Gasteiger partial charge in [0, 0.05) is 23.4 Å². The predicted molar refractivity (Wildman–Crippen MR) is 135 cm³/mol. The van der Waals surface area contributed by atoms with Crippen molar-refractivity contribution in [2.24, 2.45) is 0 Å². The monoisotopic (exact) mass is 492 g/mol. The number of rotatable bonds is 9. The van der Waals surface area contributed by atoms with Gasteiger partial charge in [-0.15, -0.1) is 10.2 Å². The van der Waals surface area contributed by atoms with Crippen LogP contribution in [0.5, 0.6) is 0 Å². The van der Waals surface area contributed by atoms with Gasteiger partial charge in [0.2, 0.25) is 10.0 Å². The molecule has 1 aromatic heterocycles. The molecule has 0 radical (unpaired) electrons. The van der Waals surface area contributed by atoms with Crippen LogP contribution in [0.25, 0.3) is 5.69 Å². The number of nitrogens with one attached hydrogen (secondary N) is 1. The second-order valence-corrected chi connectivity index (χ2v) is 10.9. The Labute approximate surface area is 203 Å². The topological polar surface area (TPSA) is 93.9 Å². The number of carbonyl (C=O) groups is 1. The molecule has 34 heavy (non-hydrogen) atoms. The summed E-state index contributed by atoms with van der Waals surface area (Å²) in [4.78, 5) is 13.1. The molecule has 0 amide bonds. The number of hydrogen-bond acceptors (Lipinski definition) is 6. The highest BCUT2D eigenvalue weighted by Crippen LogP contribution is 2.28. The Bertz CT molecular complexity index is 1370. The van der Waals surface area contributed by atoms with Gasteiger partial charge in [0.15, 0.2) is 10.9 Å². The average Bonchev–Trinajstić information content (AvgIpc) is 3.21. The number of carbonyl (C=O) groups excluding carboxylic acids is 1. The summed E-state index contributed by atoms with van der Waals surface area (Å²) >= 11 is 1.34. The van der Waals surface area contributed by atoms with Crippen LogP contribution < -0.4 is 4.72 Å². The Hall–Kier alpha value is -3.43. The van der Waals surface area contributed by atoms with Gasteiger partial charge in [-0.05, 0) is 48.9 Å². The molecule has 1 N–H and O–H groups in total. The van der Waals surface area contributed by atoms with Crippen molar-refractivity contribution in [2.45, 2.75) is 23.8 Å². The molecule has 4 rings (SSSR count). The summed E-state index contributed by atoms with van der Waals surface area (Å²) in [5.74, 6) is 0.707. The quantitative estimate of drug-likeness (QED) is 0.271. The molecule has 0 aliphatic rings. The molecule has 1 unspecified atom stereocenters. The number of nitrogens with zero attached hydrogens (tertiary/aromatic N) is 3. The third kappa shape index (κ3) is 5.92. The van der Waals surface area contributed by atoms with Gasteiger partial charge in [0.05, 0.1) is 11.5 Å². The van der Waals surface area contributed by atoms with E-state index in [-0.39, 0.29) is 5.78 Å². The lowest BCUT2D eigenvalue weighted by Crippen LogP contribution is -2.15. The molecular weight excluding hydrogens is 468 g/mol. The fraction of sp³-hybridized carbons (Fsp3) is 0.160. The lowest BCUT2D eigenvalue weighted by molar-refractivity contribution is 0.0994. The van der Waals surface area contributed by atoms with E-state index in [4.69, 9.17) is 0 Å². The number of hydrogen-bond donors (Lipinski definition) is 1. The van der Waals surface area contributed by atoms with Gasteiger partial charge in [-0.1, -0.05) is 60.3 Å². The van der Waals surface area contributed by atoms with Crippen molar-refractivity contribution in [3.05, 3.63) is 102 Å². The van der Waals surface area contributed by atoms with Gasteiger partial charge >= 0.3 is 0 Å². The Morgan fingerprint density at radius 3 is 2.18 bits per heavy atom. The number of ketones is 1. The van der Waals surface area contributed by atoms with E-state index in [0.717, 1.165) is 23.3 Å². The van der Waals surface area contributed by atoms with Gasteiger partial charge in [-0.25, -0.2) is 8.42 Å². The number of thioether (sulfide) groups is 1. The minimum Gasteiger partial charge on any atom is -0.293 e.